The molecule has 2 aromatic rings. The van der Waals surface area contributed by atoms with Gasteiger partial charge in [0.2, 0.25) is 0 Å². The molecule has 0 unspecified atom stereocenters. The molecule has 1 N–H and O–H groups in total. The Hall–Kier alpha value is -2.09. The lowest BCUT2D eigenvalue weighted by molar-refractivity contribution is -0.366. The highest BCUT2D eigenvalue weighted by molar-refractivity contribution is 7.22. The van der Waals surface area contributed by atoms with E-state index in [0.717, 1.165) is 0 Å². The Balaban J connectivity index is 1.97. The van der Waals surface area contributed by atoms with Gasteiger partial charge in [0.25, 0.3) is 0 Å². The van der Waals surface area contributed by atoms with E-state index in [1.807, 2.05) is 0 Å². The summed E-state index contributed by atoms with van der Waals surface area (Å²) in [6.45, 7) is 1.57. The second kappa shape index (κ2) is 5.72. The number of ether oxygens (including phenoxy) is 1. The molecule has 0 saturated carbocycles. The number of nitrogens with zero attached hydrogens (tertiary/aromatic N) is 1. The SMILES string of the molecule is Cc1cccc2sc(NC(=O)C(F)(F)[C@]3(F)OC(F)(F)C(F)(F)C3(F)F)nc12. The summed E-state index contributed by atoms with van der Waals surface area (Å²) in [6.07, 6.45) is -6.29. The van der Waals surface area contributed by atoms with E-state index in [4.69, 9.17) is 0 Å². The smallest absolute Gasteiger partial charge is 0.296 e. The van der Waals surface area contributed by atoms with E-state index in [0.29, 0.717) is 21.6 Å². The third-order valence-corrected chi connectivity index (χ3v) is 4.90. The van der Waals surface area contributed by atoms with Crippen molar-refractivity contribution in [3.8, 4) is 0 Å². The number of thiazole rings is 1. The van der Waals surface area contributed by atoms with Gasteiger partial charge in [-0.2, -0.15) is 39.5 Å². The Bertz CT molecular complexity index is 961. The molecule has 14 heteroatoms. The summed E-state index contributed by atoms with van der Waals surface area (Å²) in [5.74, 6) is -28.7. The van der Waals surface area contributed by atoms with Crippen LogP contribution < -0.4 is 5.32 Å². The van der Waals surface area contributed by atoms with Crippen molar-refractivity contribution < 1.29 is 49.0 Å². The highest BCUT2D eigenvalue weighted by atomic mass is 32.1. The van der Waals surface area contributed by atoms with Crippen molar-refractivity contribution in [3.05, 3.63) is 23.8 Å². The van der Waals surface area contributed by atoms with E-state index >= 15 is 0 Å². The molecule has 28 heavy (non-hydrogen) atoms. The summed E-state index contributed by atoms with van der Waals surface area (Å²) in [7, 11) is 0. The Morgan fingerprint density at radius 1 is 1.11 bits per heavy atom. The summed E-state index contributed by atoms with van der Waals surface area (Å²) < 4.78 is 124. The average molecular weight is 438 g/mol. The predicted octanol–water partition coefficient (Wildman–Crippen LogP) is 4.74. The van der Waals surface area contributed by atoms with Gasteiger partial charge in [0.05, 0.1) is 10.2 Å². The molecule has 0 aliphatic carbocycles. The second-order valence-corrected chi connectivity index (χ2v) is 6.86. The van der Waals surface area contributed by atoms with Gasteiger partial charge in [-0.15, -0.1) is 0 Å². The number of fused-ring (bicyclic) bond motifs is 1. The maximum atomic E-state index is 14.1. The van der Waals surface area contributed by atoms with Gasteiger partial charge in [0, 0.05) is 0 Å². The van der Waals surface area contributed by atoms with Crippen molar-refractivity contribution in [3.63, 3.8) is 0 Å². The molecule has 2 heterocycles. The van der Waals surface area contributed by atoms with Gasteiger partial charge >= 0.3 is 35.6 Å². The molecule has 1 aliphatic heterocycles. The molecule has 1 amide bonds. The first-order chi connectivity index (χ1) is 12.6. The summed E-state index contributed by atoms with van der Waals surface area (Å²) in [5.41, 5.74) is 0.759. The van der Waals surface area contributed by atoms with Crippen molar-refractivity contribution in [1.82, 2.24) is 4.98 Å². The van der Waals surface area contributed by atoms with Gasteiger partial charge in [-0.05, 0) is 18.6 Å². The monoisotopic (exact) mass is 438 g/mol. The van der Waals surface area contributed by atoms with Crippen LogP contribution in [-0.2, 0) is 9.53 Å². The maximum absolute atomic E-state index is 14.1. The average Bonchev–Trinajstić information content (AvgIpc) is 3.00. The van der Waals surface area contributed by atoms with Crippen molar-refractivity contribution in [2.75, 3.05) is 5.32 Å². The molecule has 0 radical (unpaired) electrons. The minimum atomic E-state index is -6.73. The topological polar surface area (TPSA) is 51.2 Å². The summed E-state index contributed by atoms with van der Waals surface area (Å²) in [4.78, 5) is 15.4. The van der Waals surface area contributed by atoms with Gasteiger partial charge in [0.1, 0.15) is 0 Å². The van der Waals surface area contributed by atoms with Crippen molar-refractivity contribution in [2.45, 2.75) is 36.7 Å². The second-order valence-electron chi connectivity index (χ2n) is 5.83. The maximum Gasteiger partial charge on any atom is 0.428 e. The van der Waals surface area contributed by atoms with Gasteiger partial charge < -0.3 is 0 Å². The molecule has 1 aliphatic rings. The number of rotatable bonds is 3. The number of hydrogen-bond acceptors (Lipinski definition) is 4. The lowest BCUT2D eigenvalue weighted by atomic mass is 9.99. The summed E-state index contributed by atoms with van der Waals surface area (Å²) in [5, 5.41) is 0.641. The van der Waals surface area contributed by atoms with Crippen molar-refractivity contribution in [1.29, 1.82) is 0 Å². The fourth-order valence-corrected chi connectivity index (χ4v) is 3.35. The van der Waals surface area contributed by atoms with Crippen LogP contribution in [0.4, 0.5) is 44.6 Å². The molecular formula is C14H7F9N2O2S. The highest BCUT2D eigenvalue weighted by Gasteiger charge is 2.96. The molecule has 4 nitrogen and oxygen atoms in total. The zero-order chi connectivity index (χ0) is 21.3. The largest absolute Gasteiger partial charge is 0.428 e. The number of anilines is 1. The van der Waals surface area contributed by atoms with Crippen molar-refractivity contribution in [2.24, 2.45) is 0 Å². The first kappa shape index (κ1) is 20.6. The Morgan fingerprint density at radius 3 is 2.21 bits per heavy atom. The zero-order valence-corrected chi connectivity index (χ0v) is 14.1. The first-order valence-electron chi connectivity index (χ1n) is 7.16. The van der Waals surface area contributed by atoms with Crippen LogP contribution in [-0.4, -0.2) is 40.6 Å². The summed E-state index contributed by atoms with van der Waals surface area (Å²) >= 11 is 0.573. The van der Waals surface area contributed by atoms with E-state index < -0.39 is 40.8 Å². The van der Waals surface area contributed by atoms with E-state index in [2.05, 4.69) is 9.72 Å². The lowest BCUT2D eigenvalue weighted by Crippen LogP contribution is -2.63. The third-order valence-electron chi connectivity index (χ3n) is 3.96. The number of para-hydroxylation sites is 1. The van der Waals surface area contributed by atoms with E-state index in [-0.39, 0.29) is 5.52 Å². The van der Waals surface area contributed by atoms with Crippen LogP contribution in [0.5, 0.6) is 0 Å². The quantitative estimate of drug-likeness (QED) is 0.705. The fourth-order valence-electron chi connectivity index (χ4n) is 2.41. The Morgan fingerprint density at radius 2 is 1.71 bits per heavy atom. The number of aryl methyl sites for hydroxylation is 1. The molecule has 1 saturated heterocycles. The molecule has 0 spiro atoms. The highest BCUT2D eigenvalue weighted by Crippen LogP contribution is 2.64. The van der Waals surface area contributed by atoms with Crippen LogP contribution >= 0.6 is 11.3 Å². The Kier molecular flexibility index (Phi) is 4.21. The van der Waals surface area contributed by atoms with Crippen molar-refractivity contribution >= 4 is 32.6 Å². The molecule has 1 atom stereocenters. The number of nitrogens with one attached hydrogen (secondary N) is 1. The van der Waals surface area contributed by atoms with Crippen LogP contribution in [0.25, 0.3) is 10.2 Å². The van der Waals surface area contributed by atoms with Crippen LogP contribution in [0.1, 0.15) is 5.56 Å². The standard InChI is InChI=1S/C14H7F9N2O2S/c1-5-3-2-4-6-7(5)24-9(28-6)25-8(26)10(15,16)13(21)11(17,18)12(19,20)14(22,23)27-13/h2-4H,1H3,(H,24,25,26)/t13-/m0/s1. The summed E-state index contributed by atoms with van der Waals surface area (Å²) in [6, 6.07) is 4.57. The number of aromatic nitrogens is 1. The number of benzene rings is 1. The molecule has 154 valence electrons. The van der Waals surface area contributed by atoms with Crippen LogP contribution in [0, 0.1) is 6.92 Å². The molecule has 3 rings (SSSR count). The van der Waals surface area contributed by atoms with Crippen LogP contribution in [0.2, 0.25) is 0 Å². The number of carbonyl (C=O) groups excluding carboxylic acids is 1. The van der Waals surface area contributed by atoms with Crippen LogP contribution in [0.15, 0.2) is 18.2 Å². The van der Waals surface area contributed by atoms with Gasteiger partial charge in [-0.1, -0.05) is 23.5 Å². The fraction of sp³-hybridized carbons (Fsp3) is 0.429. The molecule has 0 bridgehead atoms. The molecule has 1 aromatic heterocycles. The minimum Gasteiger partial charge on any atom is -0.296 e. The number of amides is 1. The molecule has 1 aromatic carbocycles. The first-order valence-corrected chi connectivity index (χ1v) is 7.98. The Labute approximate surface area is 153 Å². The van der Waals surface area contributed by atoms with E-state index in [1.165, 1.54) is 11.4 Å². The van der Waals surface area contributed by atoms with Gasteiger partial charge in [-0.25, -0.2) is 4.98 Å². The van der Waals surface area contributed by atoms with Crippen LogP contribution in [0.3, 0.4) is 0 Å². The molecule has 1 fully saturated rings. The molecular weight excluding hydrogens is 431 g/mol. The lowest BCUT2D eigenvalue weighted by Gasteiger charge is -2.31. The number of halogens is 9. The van der Waals surface area contributed by atoms with E-state index in [9.17, 15) is 44.3 Å². The number of carbonyl (C=O) groups is 1. The third kappa shape index (κ3) is 2.43. The van der Waals surface area contributed by atoms with E-state index in [1.54, 1.807) is 19.1 Å². The number of hydrogen-bond donors (Lipinski definition) is 1. The normalized spacial score (nSPS) is 25.8. The number of alkyl halides is 9. The zero-order valence-electron chi connectivity index (χ0n) is 13.3. The minimum absolute atomic E-state index is 0.224. The van der Waals surface area contributed by atoms with Gasteiger partial charge in [0.15, 0.2) is 5.13 Å². The van der Waals surface area contributed by atoms with Gasteiger partial charge in [-0.3, -0.25) is 14.8 Å². The predicted molar refractivity (Wildman–Crippen MR) is 77.7 cm³/mol.